The molecule has 2 aromatic rings. The maximum Gasteiger partial charge on any atom is 0.165 e. The fourth-order valence-electron chi connectivity index (χ4n) is 1.63. The molecule has 1 heterocycles. The van der Waals surface area contributed by atoms with Crippen molar-refractivity contribution in [3.05, 3.63) is 41.8 Å². The number of ether oxygens (including phenoxy) is 1. The monoisotopic (exact) mass is 249 g/mol. The topological polar surface area (TPSA) is 53.1 Å². The van der Waals surface area contributed by atoms with Gasteiger partial charge in [-0.05, 0) is 30.7 Å². The molecule has 1 aromatic carbocycles. The smallest absolute Gasteiger partial charge is 0.165 e. The third-order valence-electron chi connectivity index (χ3n) is 2.54. The normalized spacial score (nSPS) is 10.6. The summed E-state index contributed by atoms with van der Waals surface area (Å²) in [4.78, 5) is 0. The summed E-state index contributed by atoms with van der Waals surface area (Å²) < 4.78 is 20.5. The standard InChI is InChI=1S/C13H16FN3O/c1-10-3-4-11(14)12(9-10)18-8-2-6-17-7-5-13(15)16-17/h3-5,7,9H,2,6,8H2,1H3,(H2,15,16). The highest BCUT2D eigenvalue weighted by Crippen LogP contribution is 2.18. The van der Waals surface area contributed by atoms with Crippen molar-refractivity contribution in [2.75, 3.05) is 12.3 Å². The van der Waals surface area contributed by atoms with Crippen molar-refractivity contribution in [1.82, 2.24) is 9.78 Å². The van der Waals surface area contributed by atoms with Crippen molar-refractivity contribution in [1.29, 1.82) is 0 Å². The number of nitrogens with two attached hydrogens (primary N) is 1. The van der Waals surface area contributed by atoms with Crippen LogP contribution < -0.4 is 10.5 Å². The third kappa shape index (κ3) is 3.23. The van der Waals surface area contributed by atoms with E-state index in [1.54, 1.807) is 22.9 Å². The molecular weight excluding hydrogens is 233 g/mol. The SMILES string of the molecule is Cc1ccc(F)c(OCCCn2ccc(N)n2)c1. The average molecular weight is 249 g/mol. The van der Waals surface area contributed by atoms with Crippen LogP contribution in [0.1, 0.15) is 12.0 Å². The van der Waals surface area contributed by atoms with Gasteiger partial charge in [-0.15, -0.1) is 0 Å². The van der Waals surface area contributed by atoms with Crippen LogP contribution in [-0.2, 0) is 6.54 Å². The Morgan fingerprint density at radius 3 is 2.94 bits per heavy atom. The zero-order valence-corrected chi connectivity index (χ0v) is 10.3. The van der Waals surface area contributed by atoms with Crippen molar-refractivity contribution < 1.29 is 9.13 Å². The molecule has 0 aliphatic heterocycles. The van der Waals surface area contributed by atoms with E-state index in [0.29, 0.717) is 24.7 Å². The Morgan fingerprint density at radius 1 is 1.39 bits per heavy atom. The number of nitrogens with zero attached hydrogens (tertiary/aromatic N) is 2. The number of halogens is 1. The van der Waals surface area contributed by atoms with Crippen LogP contribution in [0, 0.1) is 12.7 Å². The number of benzene rings is 1. The van der Waals surface area contributed by atoms with Gasteiger partial charge in [0.1, 0.15) is 5.82 Å². The molecule has 0 amide bonds. The highest BCUT2D eigenvalue weighted by molar-refractivity contribution is 5.29. The first-order chi connectivity index (χ1) is 8.65. The molecule has 0 radical (unpaired) electrons. The van der Waals surface area contributed by atoms with E-state index in [-0.39, 0.29) is 5.82 Å². The van der Waals surface area contributed by atoms with Crippen LogP contribution >= 0.6 is 0 Å². The first kappa shape index (κ1) is 12.4. The quantitative estimate of drug-likeness (QED) is 0.828. The third-order valence-corrected chi connectivity index (χ3v) is 2.54. The summed E-state index contributed by atoms with van der Waals surface area (Å²) in [6, 6.07) is 6.57. The van der Waals surface area contributed by atoms with Crippen molar-refractivity contribution in [2.24, 2.45) is 0 Å². The number of hydrogen-bond acceptors (Lipinski definition) is 3. The van der Waals surface area contributed by atoms with Crippen LogP contribution in [-0.4, -0.2) is 16.4 Å². The van der Waals surface area contributed by atoms with Gasteiger partial charge in [0.2, 0.25) is 0 Å². The Morgan fingerprint density at radius 2 is 2.22 bits per heavy atom. The molecule has 0 fully saturated rings. The maximum atomic E-state index is 13.4. The first-order valence-corrected chi connectivity index (χ1v) is 5.83. The highest BCUT2D eigenvalue weighted by atomic mass is 19.1. The average Bonchev–Trinajstić information content (AvgIpc) is 2.75. The minimum Gasteiger partial charge on any atom is -0.490 e. The Hall–Kier alpha value is -2.04. The molecule has 18 heavy (non-hydrogen) atoms. The summed E-state index contributed by atoms with van der Waals surface area (Å²) in [5.74, 6) is 0.472. The van der Waals surface area contributed by atoms with Crippen LogP contribution in [0.5, 0.6) is 5.75 Å². The van der Waals surface area contributed by atoms with Crippen molar-refractivity contribution in [3.8, 4) is 5.75 Å². The second-order valence-corrected chi connectivity index (χ2v) is 4.14. The van der Waals surface area contributed by atoms with Gasteiger partial charge in [0.25, 0.3) is 0 Å². The lowest BCUT2D eigenvalue weighted by Gasteiger charge is -2.08. The largest absolute Gasteiger partial charge is 0.490 e. The van der Waals surface area contributed by atoms with Gasteiger partial charge in [0.15, 0.2) is 11.6 Å². The zero-order chi connectivity index (χ0) is 13.0. The zero-order valence-electron chi connectivity index (χ0n) is 10.3. The van der Waals surface area contributed by atoms with Crippen LogP contribution in [0.2, 0.25) is 0 Å². The molecule has 96 valence electrons. The van der Waals surface area contributed by atoms with Crippen molar-refractivity contribution >= 4 is 5.82 Å². The van der Waals surface area contributed by atoms with Gasteiger partial charge < -0.3 is 10.5 Å². The Labute approximate surface area is 105 Å². The van der Waals surface area contributed by atoms with E-state index < -0.39 is 0 Å². The van der Waals surface area contributed by atoms with Gasteiger partial charge in [-0.1, -0.05) is 6.07 Å². The lowest BCUT2D eigenvalue weighted by Crippen LogP contribution is -2.06. The molecule has 2 N–H and O–H groups in total. The second-order valence-electron chi connectivity index (χ2n) is 4.14. The predicted molar refractivity (Wildman–Crippen MR) is 67.9 cm³/mol. The minimum atomic E-state index is -0.330. The minimum absolute atomic E-state index is 0.301. The van der Waals surface area contributed by atoms with Gasteiger partial charge in [-0.3, -0.25) is 4.68 Å². The number of rotatable bonds is 5. The summed E-state index contributed by atoms with van der Waals surface area (Å²) in [6.07, 6.45) is 2.55. The molecule has 0 atom stereocenters. The molecule has 4 nitrogen and oxygen atoms in total. The maximum absolute atomic E-state index is 13.4. The van der Waals surface area contributed by atoms with Crippen LogP contribution in [0.3, 0.4) is 0 Å². The van der Waals surface area contributed by atoms with Crippen LogP contribution in [0.25, 0.3) is 0 Å². The van der Waals surface area contributed by atoms with Gasteiger partial charge in [-0.2, -0.15) is 5.10 Å². The number of nitrogen functional groups attached to an aromatic ring is 1. The van der Waals surface area contributed by atoms with E-state index in [4.69, 9.17) is 10.5 Å². The van der Waals surface area contributed by atoms with Crippen LogP contribution in [0.4, 0.5) is 10.2 Å². The fourth-order valence-corrected chi connectivity index (χ4v) is 1.63. The summed E-state index contributed by atoms with van der Waals surface area (Å²) >= 11 is 0. The van der Waals surface area contributed by atoms with Gasteiger partial charge in [-0.25, -0.2) is 4.39 Å². The van der Waals surface area contributed by atoms with Gasteiger partial charge in [0.05, 0.1) is 6.61 Å². The number of aromatic nitrogens is 2. The van der Waals surface area contributed by atoms with E-state index in [9.17, 15) is 4.39 Å². The number of anilines is 1. The highest BCUT2D eigenvalue weighted by Gasteiger charge is 2.03. The summed E-state index contributed by atoms with van der Waals surface area (Å²) in [5, 5.41) is 4.05. The molecule has 0 saturated carbocycles. The molecular formula is C13H16FN3O. The summed E-state index contributed by atoms with van der Waals surface area (Å²) in [7, 11) is 0. The number of hydrogen-bond donors (Lipinski definition) is 1. The van der Waals surface area contributed by atoms with Gasteiger partial charge in [0, 0.05) is 19.2 Å². The molecule has 2 rings (SSSR count). The van der Waals surface area contributed by atoms with E-state index in [2.05, 4.69) is 5.10 Å². The first-order valence-electron chi connectivity index (χ1n) is 5.83. The predicted octanol–water partition coefficient (Wildman–Crippen LogP) is 2.38. The molecule has 0 aliphatic carbocycles. The molecule has 0 unspecified atom stereocenters. The lowest BCUT2D eigenvalue weighted by atomic mass is 10.2. The molecule has 1 aromatic heterocycles. The van der Waals surface area contributed by atoms with Crippen molar-refractivity contribution in [3.63, 3.8) is 0 Å². The van der Waals surface area contributed by atoms with E-state index in [1.165, 1.54) is 6.07 Å². The number of aryl methyl sites for hydroxylation is 2. The fraction of sp³-hybridized carbons (Fsp3) is 0.308. The van der Waals surface area contributed by atoms with E-state index in [0.717, 1.165) is 12.0 Å². The second kappa shape index (κ2) is 5.53. The molecule has 5 heteroatoms. The lowest BCUT2D eigenvalue weighted by molar-refractivity contribution is 0.285. The van der Waals surface area contributed by atoms with Crippen molar-refractivity contribution in [2.45, 2.75) is 19.9 Å². The van der Waals surface area contributed by atoms with Crippen LogP contribution in [0.15, 0.2) is 30.5 Å². The molecule has 0 aliphatic rings. The van der Waals surface area contributed by atoms with Gasteiger partial charge >= 0.3 is 0 Å². The molecule has 0 bridgehead atoms. The summed E-state index contributed by atoms with van der Waals surface area (Å²) in [5.41, 5.74) is 6.48. The molecule has 0 saturated heterocycles. The Bertz CT molecular complexity index is 525. The van der Waals surface area contributed by atoms with E-state index >= 15 is 0 Å². The Balaban J connectivity index is 1.80. The summed E-state index contributed by atoms with van der Waals surface area (Å²) in [6.45, 7) is 3.05. The Kier molecular flexibility index (Phi) is 3.82. The molecule has 0 spiro atoms. The van der Waals surface area contributed by atoms with E-state index in [1.807, 2.05) is 13.1 Å².